The molecule has 0 atom stereocenters. The van der Waals surface area contributed by atoms with Crippen molar-refractivity contribution in [3.05, 3.63) is 63.7 Å². The van der Waals surface area contributed by atoms with Gasteiger partial charge in [-0.25, -0.2) is 0 Å². The molecule has 2 aromatic carbocycles. The van der Waals surface area contributed by atoms with E-state index in [1.54, 1.807) is 0 Å². The average Bonchev–Trinajstić information content (AvgIpc) is 2.67. The lowest BCUT2D eigenvalue weighted by atomic mass is 10.2. The third-order valence-electron chi connectivity index (χ3n) is 4.35. The van der Waals surface area contributed by atoms with Gasteiger partial charge in [0, 0.05) is 44.0 Å². The lowest BCUT2D eigenvalue weighted by molar-refractivity contribution is -0.384. The monoisotopic (exact) mass is 374 g/mol. The first-order valence-electron chi connectivity index (χ1n) is 8.30. The number of para-hydroxylation sites is 1. The molecular formula is C18H19ClN4O3. The van der Waals surface area contributed by atoms with Gasteiger partial charge in [-0.3, -0.25) is 14.9 Å². The van der Waals surface area contributed by atoms with Crippen LogP contribution in [0.5, 0.6) is 0 Å². The van der Waals surface area contributed by atoms with Crippen LogP contribution < -0.4 is 10.2 Å². The predicted octanol–water partition coefficient (Wildman–Crippen LogP) is 3.01. The van der Waals surface area contributed by atoms with Gasteiger partial charge >= 0.3 is 0 Å². The summed E-state index contributed by atoms with van der Waals surface area (Å²) in [6, 6.07) is 14.3. The van der Waals surface area contributed by atoms with Crippen LogP contribution in [0.1, 0.15) is 0 Å². The van der Waals surface area contributed by atoms with E-state index in [1.807, 2.05) is 23.1 Å². The quantitative estimate of drug-likeness (QED) is 0.643. The minimum Gasteiger partial charge on any atom is -0.375 e. The fourth-order valence-corrected chi connectivity index (χ4v) is 3.14. The van der Waals surface area contributed by atoms with Crippen LogP contribution in [-0.4, -0.2) is 48.5 Å². The first-order valence-corrected chi connectivity index (χ1v) is 8.68. The maximum absolute atomic E-state index is 12.4. The number of non-ortho nitro benzene ring substituents is 1. The molecule has 2 aromatic rings. The van der Waals surface area contributed by atoms with Crippen LogP contribution >= 0.6 is 11.6 Å². The van der Waals surface area contributed by atoms with Gasteiger partial charge in [-0.15, -0.1) is 0 Å². The Labute approximate surface area is 156 Å². The number of nitro benzene ring substituents is 1. The Kier molecular flexibility index (Phi) is 5.58. The highest BCUT2D eigenvalue weighted by Crippen LogP contribution is 2.26. The number of piperazine rings is 1. The normalized spacial score (nSPS) is 14.2. The number of hydrogen-bond donors (Lipinski definition) is 1. The van der Waals surface area contributed by atoms with Gasteiger partial charge in [0.25, 0.3) is 5.69 Å². The van der Waals surface area contributed by atoms with Gasteiger partial charge in [-0.05, 0) is 18.2 Å². The molecule has 0 aliphatic carbocycles. The number of nitro groups is 1. The highest BCUT2D eigenvalue weighted by atomic mass is 35.5. The summed E-state index contributed by atoms with van der Waals surface area (Å²) in [5.41, 5.74) is 1.59. The van der Waals surface area contributed by atoms with Crippen molar-refractivity contribution in [1.29, 1.82) is 0 Å². The zero-order valence-electron chi connectivity index (χ0n) is 14.1. The zero-order valence-corrected chi connectivity index (χ0v) is 14.9. The highest BCUT2D eigenvalue weighted by Gasteiger charge is 2.21. The van der Waals surface area contributed by atoms with Gasteiger partial charge in [-0.1, -0.05) is 29.8 Å². The SMILES string of the molecule is O=C(CNc1ccc([N+](=O)[O-])cc1Cl)N1CCN(c2ccccc2)CC1. The van der Waals surface area contributed by atoms with E-state index in [1.165, 1.54) is 18.2 Å². The van der Waals surface area contributed by atoms with Crippen molar-refractivity contribution < 1.29 is 9.72 Å². The van der Waals surface area contributed by atoms with E-state index in [2.05, 4.69) is 22.3 Å². The summed E-state index contributed by atoms with van der Waals surface area (Å²) in [5.74, 6) is -0.0212. The van der Waals surface area contributed by atoms with Crippen LogP contribution in [0.2, 0.25) is 5.02 Å². The van der Waals surface area contributed by atoms with Gasteiger partial charge in [0.05, 0.1) is 22.2 Å². The van der Waals surface area contributed by atoms with Crippen molar-refractivity contribution in [1.82, 2.24) is 4.90 Å². The molecule has 0 aromatic heterocycles. The number of carbonyl (C=O) groups excluding carboxylic acids is 1. The summed E-state index contributed by atoms with van der Waals surface area (Å²) in [5, 5.41) is 13.9. The number of benzene rings is 2. The Morgan fingerprint density at radius 3 is 2.42 bits per heavy atom. The molecule has 1 N–H and O–H groups in total. The summed E-state index contributed by atoms with van der Waals surface area (Å²) < 4.78 is 0. The molecule has 0 saturated carbocycles. The molecule has 1 heterocycles. The van der Waals surface area contributed by atoms with Crippen LogP contribution in [0, 0.1) is 10.1 Å². The Balaban J connectivity index is 1.51. The van der Waals surface area contributed by atoms with Crippen LogP contribution in [0.15, 0.2) is 48.5 Å². The molecule has 3 rings (SSSR count). The van der Waals surface area contributed by atoms with Crippen molar-refractivity contribution in [2.24, 2.45) is 0 Å². The fourth-order valence-electron chi connectivity index (χ4n) is 2.90. The van der Waals surface area contributed by atoms with E-state index in [4.69, 9.17) is 11.6 Å². The molecule has 8 heteroatoms. The van der Waals surface area contributed by atoms with Crippen molar-refractivity contribution >= 4 is 34.6 Å². The van der Waals surface area contributed by atoms with Crippen molar-refractivity contribution in [3.8, 4) is 0 Å². The third kappa shape index (κ3) is 4.23. The number of anilines is 2. The molecule has 26 heavy (non-hydrogen) atoms. The van der Waals surface area contributed by atoms with Crippen molar-refractivity contribution in [2.45, 2.75) is 0 Å². The number of rotatable bonds is 5. The predicted molar refractivity (Wildman–Crippen MR) is 102 cm³/mol. The minimum atomic E-state index is -0.507. The topological polar surface area (TPSA) is 78.7 Å². The van der Waals surface area contributed by atoms with Gasteiger partial charge in [-0.2, -0.15) is 0 Å². The molecule has 0 spiro atoms. The maximum atomic E-state index is 12.4. The molecule has 136 valence electrons. The second kappa shape index (κ2) is 8.05. The summed E-state index contributed by atoms with van der Waals surface area (Å²) in [6.45, 7) is 2.98. The molecule has 0 radical (unpaired) electrons. The summed E-state index contributed by atoms with van der Waals surface area (Å²) >= 11 is 6.03. The molecule has 7 nitrogen and oxygen atoms in total. The van der Waals surface area contributed by atoms with Gasteiger partial charge in [0.2, 0.25) is 5.91 Å². The first-order chi connectivity index (χ1) is 12.5. The molecule has 1 aliphatic rings. The zero-order chi connectivity index (χ0) is 18.5. The highest BCUT2D eigenvalue weighted by molar-refractivity contribution is 6.33. The van der Waals surface area contributed by atoms with E-state index in [0.717, 1.165) is 18.8 Å². The number of nitrogens with one attached hydrogen (secondary N) is 1. The second-order valence-electron chi connectivity index (χ2n) is 5.98. The molecule has 1 aliphatic heterocycles. The van der Waals surface area contributed by atoms with Gasteiger partial charge in [0.15, 0.2) is 0 Å². The van der Waals surface area contributed by atoms with Crippen molar-refractivity contribution in [2.75, 3.05) is 42.9 Å². The standard InChI is InChI=1S/C18H19ClN4O3/c19-16-12-15(23(25)26)6-7-17(16)20-13-18(24)22-10-8-21(9-11-22)14-4-2-1-3-5-14/h1-7,12,20H,8-11,13H2. The average molecular weight is 375 g/mol. The summed E-state index contributed by atoms with van der Waals surface area (Å²) in [6.07, 6.45) is 0. The van der Waals surface area contributed by atoms with Crippen LogP contribution in [0.3, 0.4) is 0 Å². The minimum absolute atomic E-state index is 0.0212. The summed E-state index contributed by atoms with van der Waals surface area (Å²) in [4.78, 5) is 26.7. The molecule has 1 amide bonds. The van der Waals surface area contributed by atoms with Gasteiger partial charge in [0.1, 0.15) is 0 Å². The fraction of sp³-hybridized carbons (Fsp3) is 0.278. The molecule has 0 bridgehead atoms. The number of halogens is 1. The smallest absolute Gasteiger partial charge is 0.271 e. The van der Waals surface area contributed by atoms with E-state index in [-0.39, 0.29) is 23.2 Å². The van der Waals surface area contributed by atoms with E-state index in [9.17, 15) is 14.9 Å². The van der Waals surface area contributed by atoms with Gasteiger partial charge < -0.3 is 15.1 Å². The van der Waals surface area contributed by atoms with Crippen molar-refractivity contribution in [3.63, 3.8) is 0 Å². The Morgan fingerprint density at radius 1 is 1.12 bits per heavy atom. The lowest BCUT2D eigenvalue weighted by Gasteiger charge is -2.36. The Hall–Kier alpha value is -2.80. The second-order valence-corrected chi connectivity index (χ2v) is 6.39. The lowest BCUT2D eigenvalue weighted by Crippen LogP contribution is -2.50. The maximum Gasteiger partial charge on any atom is 0.271 e. The largest absolute Gasteiger partial charge is 0.375 e. The first kappa shape index (κ1) is 18.0. The molecule has 1 fully saturated rings. The Morgan fingerprint density at radius 2 is 1.81 bits per heavy atom. The molecule has 0 unspecified atom stereocenters. The number of nitrogens with zero attached hydrogens (tertiary/aromatic N) is 3. The third-order valence-corrected chi connectivity index (χ3v) is 4.66. The molecular weight excluding hydrogens is 356 g/mol. The van der Waals surface area contributed by atoms with Crippen LogP contribution in [0.4, 0.5) is 17.1 Å². The van der Waals surface area contributed by atoms with E-state index >= 15 is 0 Å². The van der Waals surface area contributed by atoms with Crippen LogP contribution in [-0.2, 0) is 4.79 Å². The van der Waals surface area contributed by atoms with Crippen LogP contribution in [0.25, 0.3) is 0 Å². The number of hydrogen-bond acceptors (Lipinski definition) is 5. The molecule has 1 saturated heterocycles. The summed E-state index contributed by atoms with van der Waals surface area (Å²) in [7, 11) is 0. The Bertz CT molecular complexity index is 792. The van der Waals surface area contributed by atoms with E-state index < -0.39 is 4.92 Å². The van der Waals surface area contributed by atoms with E-state index in [0.29, 0.717) is 18.8 Å². The number of carbonyl (C=O) groups is 1. The number of amides is 1.